The van der Waals surface area contributed by atoms with E-state index < -0.39 is 8.07 Å². The van der Waals surface area contributed by atoms with Gasteiger partial charge in [-0.1, -0.05) is 74.2 Å². The molecule has 0 aliphatic heterocycles. The van der Waals surface area contributed by atoms with Gasteiger partial charge in [0.05, 0.1) is 11.2 Å². The molecular formula is C30H31N3OSi. The lowest BCUT2D eigenvalue weighted by Crippen LogP contribution is -2.22. The highest BCUT2D eigenvalue weighted by atomic mass is 28.3. The predicted molar refractivity (Wildman–Crippen MR) is 150 cm³/mol. The van der Waals surface area contributed by atoms with Crippen molar-refractivity contribution < 1.29 is 4.74 Å². The van der Waals surface area contributed by atoms with Crippen molar-refractivity contribution in [2.45, 2.75) is 32.4 Å². The van der Waals surface area contributed by atoms with Gasteiger partial charge in [-0.25, -0.2) is 4.68 Å². The predicted octanol–water partition coefficient (Wildman–Crippen LogP) is 7.73. The molecule has 0 atom stereocenters. The summed E-state index contributed by atoms with van der Waals surface area (Å²) >= 11 is 0. The van der Waals surface area contributed by atoms with E-state index in [1.54, 1.807) is 0 Å². The van der Waals surface area contributed by atoms with Gasteiger partial charge in [0, 0.05) is 37.8 Å². The van der Waals surface area contributed by atoms with Crippen LogP contribution in [0.5, 0.6) is 0 Å². The van der Waals surface area contributed by atoms with Crippen molar-refractivity contribution in [3.8, 4) is 11.1 Å². The number of pyridine rings is 1. The van der Waals surface area contributed by atoms with E-state index in [4.69, 9.17) is 9.84 Å². The molecule has 5 rings (SSSR count). The molecule has 3 aromatic carbocycles. The van der Waals surface area contributed by atoms with Gasteiger partial charge in [0.2, 0.25) is 0 Å². The molecule has 0 aliphatic carbocycles. The van der Waals surface area contributed by atoms with Gasteiger partial charge in [0.25, 0.3) is 0 Å². The van der Waals surface area contributed by atoms with Crippen molar-refractivity contribution in [3.63, 3.8) is 0 Å². The van der Waals surface area contributed by atoms with E-state index in [1.165, 1.54) is 10.9 Å². The third-order valence-electron chi connectivity index (χ3n) is 6.20. The summed E-state index contributed by atoms with van der Waals surface area (Å²) in [6.07, 6.45) is 7.97. The molecule has 0 saturated carbocycles. The highest BCUT2D eigenvalue weighted by Gasteiger charge is 2.14. The smallest absolute Gasteiger partial charge is 0.140 e. The molecule has 0 amide bonds. The Morgan fingerprint density at radius 2 is 1.66 bits per heavy atom. The zero-order chi connectivity index (χ0) is 24.3. The van der Waals surface area contributed by atoms with Crippen molar-refractivity contribution in [1.29, 1.82) is 0 Å². The summed E-state index contributed by atoms with van der Waals surface area (Å²) in [5.41, 5.74) is 5.51. The van der Waals surface area contributed by atoms with Gasteiger partial charge in [0.1, 0.15) is 6.73 Å². The van der Waals surface area contributed by atoms with E-state index in [1.807, 2.05) is 29.2 Å². The molecule has 0 N–H and O–H groups in total. The fourth-order valence-electron chi connectivity index (χ4n) is 4.14. The number of nitrogens with zero attached hydrogens (tertiary/aromatic N) is 3. The number of aromatic nitrogens is 3. The lowest BCUT2D eigenvalue weighted by molar-refractivity contribution is 0.0816. The Labute approximate surface area is 207 Å². The molecule has 4 nitrogen and oxygen atoms in total. The Hall–Kier alpha value is -3.54. The average molecular weight is 478 g/mol. The number of fused-ring (bicyclic) bond motifs is 2. The first-order chi connectivity index (χ1) is 17.0. The van der Waals surface area contributed by atoms with E-state index in [-0.39, 0.29) is 0 Å². The fraction of sp³-hybridized carbons (Fsp3) is 0.200. The van der Waals surface area contributed by atoms with Gasteiger partial charge >= 0.3 is 0 Å². The number of ether oxygens (including phenoxy) is 1. The zero-order valence-corrected chi connectivity index (χ0v) is 21.6. The molecule has 35 heavy (non-hydrogen) atoms. The standard InChI is InChI=1S/C30H31N3OSi/c1-35(2,3)18-17-34-22-33-30-14-12-26(25-11-10-24-15-16-31-21-27(24)19-25)20-28(30)29(32-33)13-9-23-7-5-4-6-8-23/h4-16,19-21H,17-18,22H2,1-3H3/b13-9+. The SMILES string of the molecule is C[Si](C)(C)CCOCn1nc(/C=C/c2ccccc2)c2cc(-c3ccc4ccncc4c3)ccc21. The minimum Gasteiger partial charge on any atom is -0.360 e. The maximum absolute atomic E-state index is 6.05. The van der Waals surface area contributed by atoms with Gasteiger partial charge in [0.15, 0.2) is 0 Å². The van der Waals surface area contributed by atoms with Crippen LogP contribution in [0.15, 0.2) is 85.2 Å². The largest absolute Gasteiger partial charge is 0.360 e. The lowest BCUT2D eigenvalue weighted by Gasteiger charge is -2.15. The Balaban J connectivity index is 1.51. The lowest BCUT2D eigenvalue weighted by atomic mass is 10.0. The molecule has 0 aliphatic rings. The minimum absolute atomic E-state index is 0.459. The molecule has 0 bridgehead atoms. The molecule has 0 fully saturated rings. The van der Waals surface area contributed by atoms with Crippen molar-refractivity contribution in [2.75, 3.05) is 6.61 Å². The molecule has 0 spiro atoms. The topological polar surface area (TPSA) is 39.9 Å². The van der Waals surface area contributed by atoms with E-state index >= 15 is 0 Å². The first kappa shape index (κ1) is 23.2. The molecule has 2 heterocycles. The number of rotatable bonds is 8. The summed E-state index contributed by atoms with van der Waals surface area (Å²) in [4.78, 5) is 4.28. The van der Waals surface area contributed by atoms with Crippen LogP contribution in [-0.2, 0) is 11.5 Å². The highest BCUT2D eigenvalue weighted by Crippen LogP contribution is 2.29. The van der Waals surface area contributed by atoms with Crippen LogP contribution in [-0.4, -0.2) is 29.4 Å². The van der Waals surface area contributed by atoms with Crippen molar-refractivity contribution >= 4 is 41.9 Å². The summed E-state index contributed by atoms with van der Waals surface area (Å²) < 4.78 is 8.03. The second-order valence-corrected chi connectivity index (χ2v) is 15.8. The van der Waals surface area contributed by atoms with Crippen molar-refractivity contribution in [1.82, 2.24) is 14.8 Å². The fourth-order valence-corrected chi connectivity index (χ4v) is 4.90. The van der Waals surface area contributed by atoms with Gasteiger partial charge in [-0.05, 0) is 58.5 Å². The maximum Gasteiger partial charge on any atom is 0.140 e. The van der Waals surface area contributed by atoms with Crippen LogP contribution in [0.1, 0.15) is 11.3 Å². The van der Waals surface area contributed by atoms with Gasteiger partial charge in [-0.3, -0.25) is 4.98 Å². The van der Waals surface area contributed by atoms with Crippen molar-refractivity contribution in [2.24, 2.45) is 0 Å². The third kappa shape index (κ3) is 5.58. The number of hydrogen-bond donors (Lipinski definition) is 0. The molecule has 0 radical (unpaired) electrons. The van der Waals surface area contributed by atoms with Crippen LogP contribution in [0.4, 0.5) is 0 Å². The second-order valence-electron chi connectivity index (χ2n) is 10.1. The van der Waals surface area contributed by atoms with E-state index in [0.29, 0.717) is 6.73 Å². The van der Waals surface area contributed by atoms with E-state index in [0.717, 1.165) is 45.8 Å². The third-order valence-corrected chi connectivity index (χ3v) is 7.90. The Bertz CT molecular complexity index is 1480. The molecule has 176 valence electrons. The first-order valence-electron chi connectivity index (χ1n) is 12.1. The van der Waals surface area contributed by atoms with Crippen LogP contribution < -0.4 is 0 Å². The summed E-state index contributed by atoms with van der Waals surface area (Å²) in [5.74, 6) is 0. The van der Waals surface area contributed by atoms with Crippen LogP contribution >= 0.6 is 0 Å². The summed E-state index contributed by atoms with van der Waals surface area (Å²) in [6, 6.07) is 26.6. The molecule has 2 aromatic heterocycles. The Morgan fingerprint density at radius 3 is 2.49 bits per heavy atom. The summed E-state index contributed by atoms with van der Waals surface area (Å²) in [5, 5.41) is 8.38. The van der Waals surface area contributed by atoms with Gasteiger partial charge < -0.3 is 4.74 Å². The maximum atomic E-state index is 6.05. The molecule has 5 aromatic rings. The molecule has 0 saturated heterocycles. The quantitative estimate of drug-likeness (QED) is 0.169. The average Bonchev–Trinajstić information content (AvgIpc) is 3.22. The summed E-state index contributed by atoms with van der Waals surface area (Å²) in [7, 11) is -1.13. The van der Waals surface area contributed by atoms with Crippen LogP contribution in [0.3, 0.4) is 0 Å². The normalized spacial score (nSPS) is 12.2. The van der Waals surface area contributed by atoms with Crippen LogP contribution in [0, 0.1) is 0 Å². The zero-order valence-electron chi connectivity index (χ0n) is 20.6. The van der Waals surface area contributed by atoms with Gasteiger partial charge in [-0.2, -0.15) is 5.10 Å². The monoisotopic (exact) mass is 477 g/mol. The molecule has 5 heteroatoms. The second kappa shape index (κ2) is 9.98. The molecule has 0 unspecified atom stereocenters. The van der Waals surface area contributed by atoms with E-state index in [9.17, 15) is 0 Å². The van der Waals surface area contributed by atoms with Gasteiger partial charge in [-0.15, -0.1) is 0 Å². The highest BCUT2D eigenvalue weighted by molar-refractivity contribution is 6.76. The Kier molecular flexibility index (Phi) is 6.62. The molecular weight excluding hydrogens is 446 g/mol. The first-order valence-corrected chi connectivity index (χ1v) is 15.8. The van der Waals surface area contributed by atoms with Crippen LogP contribution in [0.2, 0.25) is 25.7 Å². The minimum atomic E-state index is -1.13. The number of hydrogen-bond acceptors (Lipinski definition) is 3. The number of benzene rings is 3. The van der Waals surface area contributed by atoms with E-state index in [2.05, 4.69) is 97.4 Å². The van der Waals surface area contributed by atoms with Crippen molar-refractivity contribution in [3.05, 3.63) is 96.4 Å². The Morgan fingerprint density at radius 1 is 0.857 bits per heavy atom. The summed E-state index contributed by atoms with van der Waals surface area (Å²) in [6.45, 7) is 8.35. The van der Waals surface area contributed by atoms with Crippen LogP contribution in [0.25, 0.3) is 45.0 Å².